The molecule has 0 fully saturated rings. The van der Waals surface area contributed by atoms with E-state index in [-0.39, 0.29) is 0 Å². The number of hydrogen-bond donors (Lipinski definition) is 0. The molecule has 0 aromatic carbocycles. The SMILES string of the molecule is BrCCc1csc(-c2cccnc2)n1. The van der Waals surface area contributed by atoms with E-state index in [0.717, 1.165) is 28.0 Å². The monoisotopic (exact) mass is 268 g/mol. The van der Waals surface area contributed by atoms with Gasteiger partial charge in [0.15, 0.2) is 0 Å². The average Bonchev–Trinajstić information content (AvgIpc) is 2.68. The summed E-state index contributed by atoms with van der Waals surface area (Å²) in [5.41, 5.74) is 2.24. The summed E-state index contributed by atoms with van der Waals surface area (Å²) in [6.45, 7) is 0. The lowest BCUT2D eigenvalue weighted by Gasteiger charge is -1.92. The van der Waals surface area contributed by atoms with Crippen molar-refractivity contribution in [2.24, 2.45) is 0 Å². The molecule has 2 heterocycles. The summed E-state index contributed by atoms with van der Waals surface area (Å²) in [6, 6.07) is 3.96. The standard InChI is InChI=1S/C10H9BrN2S/c11-4-3-9-7-14-10(13-9)8-2-1-5-12-6-8/h1-2,5-7H,3-4H2. The molecule has 0 N–H and O–H groups in total. The van der Waals surface area contributed by atoms with Gasteiger partial charge in [-0.25, -0.2) is 4.98 Å². The molecule has 2 aromatic rings. The third-order valence-electron chi connectivity index (χ3n) is 1.81. The van der Waals surface area contributed by atoms with Crippen LogP contribution in [0.4, 0.5) is 0 Å². The lowest BCUT2D eigenvalue weighted by molar-refractivity contribution is 1.09. The van der Waals surface area contributed by atoms with Crippen molar-refractivity contribution >= 4 is 27.3 Å². The number of hydrogen-bond acceptors (Lipinski definition) is 3. The van der Waals surface area contributed by atoms with E-state index in [1.165, 1.54) is 0 Å². The molecule has 0 bridgehead atoms. The van der Waals surface area contributed by atoms with Crippen molar-refractivity contribution in [1.29, 1.82) is 0 Å². The van der Waals surface area contributed by atoms with E-state index in [1.807, 2.05) is 18.3 Å². The first kappa shape index (κ1) is 9.80. The molecule has 2 aromatic heterocycles. The Morgan fingerprint density at radius 1 is 1.43 bits per heavy atom. The number of pyridine rings is 1. The average molecular weight is 269 g/mol. The van der Waals surface area contributed by atoms with Crippen LogP contribution in [0.1, 0.15) is 5.69 Å². The Kier molecular flexibility index (Phi) is 3.26. The van der Waals surface area contributed by atoms with Crippen molar-refractivity contribution in [3.05, 3.63) is 35.6 Å². The Balaban J connectivity index is 2.25. The fourth-order valence-electron chi connectivity index (χ4n) is 1.14. The molecule has 0 saturated carbocycles. The topological polar surface area (TPSA) is 25.8 Å². The van der Waals surface area contributed by atoms with Crippen molar-refractivity contribution < 1.29 is 0 Å². The second-order valence-corrected chi connectivity index (χ2v) is 4.48. The lowest BCUT2D eigenvalue weighted by Crippen LogP contribution is -1.85. The van der Waals surface area contributed by atoms with Crippen LogP contribution >= 0.6 is 27.3 Å². The zero-order valence-corrected chi connectivity index (χ0v) is 9.88. The predicted molar refractivity (Wildman–Crippen MR) is 62.8 cm³/mol. The van der Waals surface area contributed by atoms with E-state index in [4.69, 9.17) is 0 Å². The van der Waals surface area contributed by atoms with Crippen molar-refractivity contribution in [1.82, 2.24) is 9.97 Å². The summed E-state index contributed by atoms with van der Waals surface area (Å²) in [7, 11) is 0. The molecule has 2 nitrogen and oxygen atoms in total. The first-order valence-corrected chi connectivity index (χ1v) is 6.31. The van der Waals surface area contributed by atoms with Crippen LogP contribution in [0.2, 0.25) is 0 Å². The van der Waals surface area contributed by atoms with Gasteiger partial charge >= 0.3 is 0 Å². The largest absolute Gasteiger partial charge is 0.264 e. The highest BCUT2D eigenvalue weighted by Gasteiger charge is 2.03. The van der Waals surface area contributed by atoms with Crippen LogP contribution in [-0.4, -0.2) is 15.3 Å². The summed E-state index contributed by atoms with van der Waals surface area (Å²) >= 11 is 5.07. The third-order valence-corrected chi connectivity index (χ3v) is 3.15. The molecule has 72 valence electrons. The highest BCUT2D eigenvalue weighted by Crippen LogP contribution is 2.22. The molecular weight excluding hydrogens is 260 g/mol. The van der Waals surface area contributed by atoms with E-state index in [0.29, 0.717) is 0 Å². The van der Waals surface area contributed by atoms with Gasteiger partial charge in [0.05, 0.1) is 5.69 Å². The Morgan fingerprint density at radius 3 is 3.07 bits per heavy atom. The third kappa shape index (κ3) is 2.19. The maximum atomic E-state index is 4.52. The summed E-state index contributed by atoms with van der Waals surface area (Å²) in [6.07, 6.45) is 4.60. The molecule has 0 saturated heterocycles. The number of thiazole rings is 1. The van der Waals surface area contributed by atoms with Gasteiger partial charge in [0, 0.05) is 35.1 Å². The molecule has 0 spiro atoms. The van der Waals surface area contributed by atoms with Gasteiger partial charge in [0.2, 0.25) is 0 Å². The van der Waals surface area contributed by atoms with E-state index in [9.17, 15) is 0 Å². The van der Waals surface area contributed by atoms with Crippen molar-refractivity contribution in [3.8, 4) is 10.6 Å². The molecule has 14 heavy (non-hydrogen) atoms. The van der Waals surface area contributed by atoms with E-state index in [2.05, 4.69) is 31.3 Å². The molecule has 0 aliphatic rings. The van der Waals surface area contributed by atoms with Gasteiger partial charge < -0.3 is 0 Å². The predicted octanol–water partition coefficient (Wildman–Crippen LogP) is 3.14. The molecule has 0 aliphatic carbocycles. The number of rotatable bonds is 3. The van der Waals surface area contributed by atoms with Crippen molar-refractivity contribution in [3.63, 3.8) is 0 Å². The molecule has 0 amide bonds. The molecule has 0 unspecified atom stereocenters. The van der Waals surface area contributed by atoms with Gasteiger partial charge in [0.25, 0.3) is 0 Å². The van der Waals surface area contributed by atoms with Crippen LogP contribution < -0.4 is 0 Å². The fraction of sp³-hybridized carbons (Fsp3) is 0.200. The van der Waals surface area contributed by atoms with Gasteiger partial charge in [-0.15, -0.1) is 11.3 Å². The number of aryl methyl sites for hydroxylation is 1. The van der Waals surface area contributed by atoms with E-state index in [1.54, 1.807) is 17.5 Å². The van der Waals surface area contributed by atoms with Crippen LogP contribution in [-0.2, 0) is 6.42 Å². The minimum absolute atomic E-state index is 0.962. The van der Waals surface area contributed by atoms with Gasteiger partial charge in [-0.3, -0.25) is 4.98 Å². The van der Waals surface area contributed by atoms with Crippen LogP contribution in [0.3, 0.4) is 0 Å². The number of aromatic nitrogens is 2. The first-order chi connectivity index (χ1) is 6.90. The van der Waals surface area contributed by atoms with Crippen molar-refractivity contribution in [2.45, 2.75) is 6.42 Å². The molecule has 0 aliphatic heterocycles. The zero-order chi connectivity index (χ0) is 9.80. The molecule has 2 rings (SSSR count). The van der Waals surface area contributed by atoms with Gasteiger partial charge in [-0.1, -0.05) is 15.9 Å². The summed E-state index contributed by atoms with van der Waals surface area (Å²) in [5.74, 6) is 0. The molecule has 0 atom stereocenters. The van der Waals surface area contributed by atoms with Gasteiger partial charge in [-0.05, 0) is 12.1 Å². The highest BCUT2D eigenvalue weighted by atomic mass is 79.9. The van der Waals surface area contributed by atoms with Crippen LogP contribution in [0.5, 0.6) is 0 Å². The quantitative estimate of drug-likeness (QED) is 0.800. The van der Waals surface area contributed by atoms with E-state index < -0.39 is 0 Å². The minimum atomic E-state index is 0.962. The second kappa shape index (κ2) is 4.66. The maximum absolute atomic E-state index is 4.52. The molecular formula is C10H9BrN2S. The van der Waals surface area contributed by atoms with Crippen molar-refractivity contribution in [2.75, 3.05) is 5.33 Å². The Bertz CT molecular complexity index is 400. The lowest BCUT2D eigenvalue weighted by atomic mass is 10.3. The Labute approximate surface area is 95.2 Å². The first-order valence-electron chi connectivity index (χ1n) is 4.31. The fourth-order valence-corrected chi connectivity index (χ4v) is 2.39. The molecule has 4 heteroatoms. The summed E-state index contributed by atoms with van der Waals surface area (Å²) in [4.78, 5) is 8.59. The second-order valence-electron chi connectivity index (χ2n) is 2.82. The zero-order valence-electron chi connectivity index (χ0n) is 7.48. The van der Waals surface area contributed by atoms with Gasteiger partial charge in [-0.2, -0.15) is 0 Å². The maximum Gasteiger partial charge on any atom is 0.125 e. The normalized spacial score (nSPS) is 10.4. The Morgan fingerprint density at radius 2 is 2.36 bits per heavy atom. The van der Waals surface area contributed by atoms with Crippen LogP contribution in [0.25, 0.3) is 10.6 Å². The minimum Gasteiger partial charge on any atom is -0.264 e. The van der Waals surface area contributed by atoms with Crippen LogP contribution in [0, 0.1) is 0 Å². The number of alkyl halides is 1. The van der Waals surface area contributed by atoms with E-state index >= 15 is 0 Å². The Hall–Kier alpha value is -0.740. The van der Waals surface area contributed by atoms with Crippen LogP contribution in [0.15, 0.2) is 29.9 Å². The van der Waals surface area contributed by atoms with Gasteiger partial charge in [0.1, 0.15) is 5.01 Å². The highest BCUT2D eigenvalue weighted by molar-refractivity contribution is 9.09. The molecule has 0 radical (unpaired) electrons. The number of nitrogens with zero attached hydrogens (tertiary/aromatic N) is 2. The number of halogens is 1. The summed E-state index contributed by atoms with van der Waals surface area (Å²) < 4.78 is 0. The summed E-state index contributed by atoms with van der Waals surface area (Å²) in [5, 5.41) is 4.11. The smallest absolute Gasteiger partial charge is 0.125 e.